The molecule has 0 spiro atoms. The van der Waals surface area contributed by atoms with Gasteiger partial charge in [0.15, 0.2) is 0 Å². The summed E-state index contributed by atoms with van der Waals surface area (Å²) < 4.78 is 12.0. The number of aliphatic hydroxyl groups is 1. The number of aliphatic hydroxyl groups excluding tert-OH is 1. The van der Waals surface area contributed by atoms with E-state index in [9.17, 15) is 5.11 Å². The lowest BCUT2D eigenvalue weighted by molar-refractivity contribution is 0.000371. The Balaban J connectivity index is 1.52. The van der Waals surface area contributed by atoms with Crippen molar-refractivity contribution in [1.29, 1.82) is 0 Å². The third kappa shape index (κ3) is 4.12. The summed E-state index contributed by atoms with van der Waals surface area (Å²) in [4.78, 5) is 0. The fourth-order valence-corrected chi connectivity index (χ4v) is 5.46. The van der Waals surface area contributed by atoms with Gasteiger partial charge in [0.1, 0.15) is 7.85 Å². The predicted octanol–water partition coefficient (Wildman–Crippen LogP) is 4.53. The van der Waals surface area contributed by atoms with E-state index in [0.29, 0.717) is 6.61 Å². The van der Waals surface area contributed by atoms with Crippen molar-refractivity contribution in [2.75, 3.05) is 13.7 Å². The number of likely N-dealkylation sites (N-methyl/N-ethyl adjacent to an activating group) is 1. The van der Waals surface area contributed by atoms with Crippen molar-refractivity contribution in [2.45, 2.75) is 58.1 Å². The Morgan fingerprint density at radius 2 is 1.67 bits per heavy atom. The van der Waals surface area contributed by atoms with Gasteiger partial charge in [-0.3, -0.25) is 0 Å². The van der Waals surface area contributed by atoms with E-state index in [1.54, 1.807) is 0 Å². The summed E-state index contributed by atoms with van der Waals surface area (Å²) in [5, 5.41) is 20.4. The van der Waals surface area contributed by atoms with Crippen molar-refractivity contribution in [3.63, 3.8) is 0 Å². The Labute approximate surface area is 197 Å². The highest BCUT2D eigenvalue weighted by Gasteiger charge is 2.41. The number of ether oxygens (including phenoxy) is 2. The van der Waals surface area contributed by atoms with Crippen molar-refractivity contribution >= 4 is 40.2 Å². The highest BCUT2D eigenvalue weighted by molar-refractivity contribution is 6.23. The molecule has 2 N–H and O–H groups in total. The van der Waals surface area contributed by atoms with Crippen LogP contribution in [-0.4, -0.2) is 50.9 Å². The molecule has 2 radical (unpaired) electrons. The van der Waals surface area contributed by atoms with E-state index in [2.05, 4.69) is 74.6 Å². The molecule has 4 atom stereocenters. The van der Waals surface area contributed by atoms with Crippen LogP contribution in [0, 0.1) is 5.41 Å². The van der Waals surface area contributed by atoms with Gasteiger partial charge in [0.25, 0.3) is 0 Å². The summed E-state index contributed by atoms with van der Waals surface area (Å²) in [7, 11) is 8.01. The van der Waals surface area contributed by atoms with E-state index in [1.807, 2.05) is 7.05 Å². The lowest BCUT2D eigenvalue weighted by atomic mass is 9.85. The first-order valence-corrected chi connectivity index (χ1v) is 11.8. The summed E-state index contributed by atoms with van der Waals surface area (Å²) >= 11 is 0. The van der Waals surface area contributed by atoms with Gasteiger partial charge in [-0.15, -0.1) is 0 Å². The van der Waals surface area contributed by atoms with Crippen molar-refractivity contribution in [3.05, 3.63) is 59.7 Å². The van der Waals surface area contributed by atoms with Crippen LogP contribution in [-0.2, 0) is 22.5 Å². The van der Waals surface area contributed by atoms with Crippen molar-refractivity contribution < 1.29 is 14.6 Å². The minimum absolute atomic E-state index is 0.0883. The third-order valence-electron chi connectivity index (χ3n) is 6.84. The van der Waals surface area contributed by atoms with Crippen LogP contribution in [0.3, 0.4) is 0 Å². The molecule has 5 rings (SSSR count). The van der Waals surface area contributed by atoms with Crippen LogP contribution in [0.1, 0.15) is 31.9 Å². The van der Waals surface area contributed by atoms with Gasteiger partial charge in [-0.05, 0) is 62.3 Å². The van der Waals surface area contributed by atoms with E-state index >= 15 is 0 Å². The quantitative estimate of drug-likeness (QED) is 0.341. The number of nitrogens with one attached hydrogen (secondary N) is 1. The first-order chi connectivity index (χ1) is 15.8. The molecular weight excluding hydrogens is 409 g/mol. The lowest BCUT2D eigenvalue weighted by Crippen LogP contribution is -2.45. The smallest absolute Gasteiger partial charge is 0.112 e. The van der Waals surface area contributed by atoms with Crippen LogP contribution in [0.2, 0.25) is 0 Å². The van der Waals surface area contributed by atoms with E-state index in [0.717, 1.165) is 12.0 Å². The Morgan fingerprint density at radius 3 is 2.33 bits per heavy atom. The molecule has 1 saturated heterocycles. The fraction of sp³-hybridized carbons (Fsp3) is 0.429. The zero-order valence-electron chi connectivity index (χ0n) is 19.9. The maximum atomic E-state index is 9.59. The van der Waals surface area contributed by atoms with Crippen LogP contribution >= 0.6 is 0 Å². The summed E-state index contributed by atoms with van der Waals surface area (Å²) in [6.07, 6.45) is 0.359. The first kappa shape index (κ1) is 22.6. The first-order valence-electron chi connectivity index (χ1n) is 11.8. The summed E-state index contributed by atoms with van der Waals surface area (Å²) in [6.45, 7) is 7.19. The van der Waals surface area contributed by atoms with Crippen molar-refractivity contribution in [3.8, 4) is 0 Å². The standard InChI is InChI=1S/C28H32BNO3/c1-28(2,3)13-16-11-18-7-5-17-6-8-20(21-10-9-19(12-16)23(18)24(17)21)15-32-26-25(30-4)22(14-31)33-27(26)29/h5-12,22,25-27,30-31H,13-15H2,1-4H3. The van der Waals surface area contributed by atoms with Gasteiger partial charge in [-0.2, -0.15) is 0 Å². The predicted molar refractivity (Wildman–Crippen MR) is 136 cm³/mol. The Morgan fingerprint density at radius 1 is 1.00 bits per heavy atom. The molecule has 170 valence electrons. The van der Waals surface area contributed by atoms with Crippen LogP contribution in [0.15, 0.2) is 48.5 Å². The fourth-order valence-electron chi connectivity index (χ4n) is 5.46. The number of benzene rings is 4. The highest BCUT2D eigenvalue weighted by Crippen LogP contribution is 2.38. The molecule has 4 nitrogen and oxygen atoms in total. The summed E-state index contributed by atoms with van der Waals surface area (Å²) in [6, 6.07) is 17.2. The average molecular weight is 441 g/mol. The minimum atomic E-state index is -0.569. The van der Waals surface area contributed by atoms with Crippen LogP contribution in [0.25, 0.3) is 32.3 Å². The molecule has 33 heavy (non-hydrogen) atoms. The Kier molecular flexibility index (Phi) is 5.86. The van der Waals surface area contributed by atoms with Gasteiger partial charge in [0, 0.05) is 6.00 Å². The van der Waals surface area contributed by atoms with E-state index in [1.165, 1.54) is 37.9 Å². The van der Waals surface area contributed by atoms with Crippen LogP contribution < -0.4 is 5.32 Å². The SMILES string of the molecule is [B]C1OC(CO)C(NC)C1OCc1ccc2ccc3cc(CC(C)(C)C)cc4ccc1c2c34. The number of hydrogen-bond acceptors (Lipinski definition) is 4. The third-order valence-corrected chi connectivity index (χ3v) is 6.84. The van der Waals surface area contributed by atoms with E-state index < -0.39 is 6.00 Å². The maximum absolute atomic E-state index is 9.59. The number of hydrogen-bond donors (Lipinski definition) is 2. The molecule has 4 aromatic rings. The highest BCUT2D eigenvalue weighted by atomic mass is 16.6. The monoisotopic (exact) mass is 441 g/mol. The molecule has 5 heteroatoms. The van der Waals surface area contributed by atoms with E-state index in [4.69, 9.17) is 17.3 Å². The summed E-state index contributed by atoms with van der Waals surface area (Å²) in [5.74, 6) is 0. The van der Waals surface area contributed by atoms with Gasteiger partial charge in [-0.1, -0.05) is 69.3 Å². The molecule has 0 aliphatic carbocycles. The molecule has 0 saturated carbocycles. The zero-order chi connectivity index (χ0) is 23.3. The molecule has 1 heterocycles. The molecule has 1 aliphatic heterocycles. The molecule has 1 fully saturated rings. The van der Waals surface area contributed by atoms with Gasteiger partial charge < -0.3 is 19.9 Å². The van der Waals surface area contributed by atoms with Gasteiger partial charge in [0.05, 0.1) is 31.5 Å². The van der Waals surface area contributed by atoms with Crippen LogP contribution in [0.4, 0.5) is 0 Å². The zero-order valence-corrected chi connectivity index (χ0v) is 19.9. The minimum Gasteiger partial charge on any atom is -0.394 e. The topological polar surface area (TPSA) is 50.7 Å². The van der Waals surface area contributed by atoms with E-state index in [-0.39, 0.29) is 30.3 Å². The summed E-state index contributed by atoms with van der Waals surface area (Å²) in [5.41, 5.74) is 2.75. The molecule has 0 bridgehead atoms. The van der Waals surface area contributed by atoms with Crippen molar-refractivity contribution in [2.24, 2.45) is 5.41 Å². The lowest BCUT2D eigenvalue weighted by Gasteiger charge is -2.24. The largest absolute Gasteiger partial charge is 0.394 e. The van der Waals surface area contributed by atoms with Gasteiger partial charge in [0.2, 0.25) is 0 Å². The van der Waals surface area contributed by atoms with Crippen molar-refractivity contribution in [1.82, 2.24) is 5.32 Å². The average Bonchev–Trinajstić information content (AvgIpc) is 3.09. The normalized spacial score (nSPS) is 23.9. The maximum Gasteiger partial charge on any atom is 0.112 e. The van der Waals surface area contributed by atoms with Crippen LogP contribution in [0.5, 0.6) is 0 Å². The second-order valence-corrected chi connectivity index (χ2v) is 10.6. The molecule has 4 aromatic carbocycles. The van der Waals surface area contributed by atoms with Gasteiger partial charge in [-0.25, -0.2) is 0 Å². The molecule has 0 amide bonds. The number of rotatable bonds is 6. The molecular formula is C28H32BNO3. The Bertz CT molecular complexity index is 1260. The second-order valence-electron chi connectivity index (χ2n) is 10.6. The molecule has 0 aromatic heterocycles. The molecule has 1 aliphatic rings. The second kappa shape index (κ2) is 8.55. The Hall–Kier alpha value is -2.18. The molecule has 4 unspecified atom stereocenters. The van der Waals surface area contributed by atoms with Gasteiger partial charge >= 0.3 is 0 Å².